The first kappa shape index (κ1) is 20.8. The van der Waals surface area contributed by atoms with Crippen LogP contribution in [0.15, 0.2) is 35.7 Å². The number of unbranched alkanes of at least 4 members (excludes halogenated alkanes) is 5. The standard InChI is InChI=1S/C20H27N3O3S/c21-18-17(11-14-27-18)19(24)23-13-6-4-2-1-3-5-12-22-16-9-7-15(8-10-16)20(25)26/h7-11,14,22H,1-6,12-13,21H2,(H,23,24)(H,25,26). The zero-order valence-corrected chi connectivity index (χ0v) is 16.2. The number of carbonyl (C=O) groups excluding carboxylic acids is 1. The minimum absolute atomic E-state index is 0.0868. The summed E-state index contributed by atoms with van der Waals surface area (Å²) in [6.07, 6.45) is 6.63. The highest BCUT2D eigenvalue weighted by Crippen LogP contribution is 2.18. The van der Waals surface area contributed by atoms with Gasteiger partial charge in [0.25, 0.3) is 5.91 Å². The number of rotatable bonds is 12. The van der Waals surface area contributed by atoms with Crippen LogP contribution in [-0.2, 0) is 0 Å². The molecule has 27 heavy (non-hydrogen) atoms. The van der Waals surface area contributed by atoms with Crippen molar-refractivity contribution in [2.24, 2.45) is 0 Å². The summed E-state index contributed by atoms with van der Waals surface area (Å²) in [6.45, 7) is 1.56. The van der Waals surface area contributed by atoms with Gasteiger partial charge in [0.15, 0.2) is 0 Å². The molecule has 146 valence electrons. The smallest absolute Gasteiger partial charge is 0.335 e. The van der Waals surface area contributed by atoms with E-state index in [1.54, 1.807) is 30.3 Å². The monoisotopic (exact) mass is 389 g/mol. The van der Waals surface area contributed by atoms with Gasteiger partial charge in [-0.05, 0) is 48.6 Å². The summed E-state index contributed by atoms with van der Waals surface area (Å²) in [4.78, 5) is 22.7. The molecule has 0 aliphatic heterocycles. The van der Waals surface area contributed by atoms with Crippen LogP contribution in [0.2, 0.25) is 0 Å². The van der Waals surface area contributed by atoms with Gasteiger partial charge < -0.3 is 21.5 Å². The van der Waals surface area contributed by atoms with E-state index in [0.717, 1.165) is 44.3 Å². The zero-order valence-electron chi connectivity index (χ0n) is 15.4. The lowest BCUT2D eigenvalue weighted by molar-refractivity contribution is 0.0696. The van der Waals surface area contributed by atoms with Crippen molar-refractivity contribution in [1.82, 2.24) is 5.32 Å². The molecule has 6 nitrogen and oxygen atoms in total. The number of carbonyl (C=O) groups is 2. The maximum Gasteiger partial charge on any atom is 0.335 e. The van der Waals surface area contributed by atoms with Gasteiger partial charge in [-0.25, -0.2) is 4.79 Å². The van der Waals surface area contributed by atoms with Crippen molar-refractivity contribution in [2.75, 3.05) is 24.1 Å². The average Bonchev–Trinajstić information content (AvgIpc) is 3.09. The Morgan fingerprint density at radius 2 is 1.56 bits per heavy atom. The van der Waals surface area contributed by atoms with Crippen molar-refractivity contribution >= 4 is 33.9 Å². The molecule has 2 aromatic rings. The third-order valence-corrected chi connectivity index (χ3v) is 5.04. The van der Waals surface area contributed by atoms with Crippen molar-refractivity contribution < 1.29 is 14.7 Å². The van der Waals surface area contributed by atoms with Crippen LogP contribution < -0.4 is 16.4 Å². The highest BCUT2D eigenvalue weighted by Gasteiger charge is 2.09. The molecule has 0 fully saturated rings. The fourth-order valence-electron chi connectivity index (χ4n) is 2.73. The number of thiophene rings is 1. The lowest BCUT2D eigenvalue weighted by Gasteiger charge is -2.07. The van der Waals surface area contributed by atoms with Crippen LogP contribution in [0.1, 0.15) is 59.2 Å². The van der Waals surface area contributed by atoms with Crippen molar-refractivity contribution in [2.45, 2.75) is 38.5 Å². The van der Waals surface area contributed by atoms with Crippen LogP contribution in [0.5, 0.6) is 0 Å². The Labute approximate surface area is 163 Å². The summed E-state index contributed by atoms with van der Waals surface area (Å²) in [5, 5.41) is 17.5. The molecule has 0 aliphatic rings. The Hall–Kier alpha value is -2.54. The fraction of sp³-hybridized carbons (Fsp3) is 0.400. The summed E-state index contributed by atoms with van der Waals surface area (Å²) in [5.41, 5.74) is 7.56. The van der Waals surface area contributed by atoms with Gasteiger partial charge in [-0.15, -0.1) is 11.3 Å². The van der Waals surface area contributed by atoms with Crippen LogP contribution in [0.3, 0.4) is 0 Å². The number of anilines is 2. The second-order valence-corrected chi connectivity index (χ2v) is 7.33. The van der Waals surface area contributed by atoms with E-state index >= 15 is 0 Å². The number of carboxylic acid groups (broad SMARTS) is 1. The minimum atomic E-state index is -0.906. The van der Waals surface area contributed by atoms with E-state index in [4.69, 9.17) is 10.8 Å². The molecule has 0 spiro atoms. The van der Waals surface area contributed by atoms with Gasteiger partial charge in [-0.3, -0.25) is 4.79 Å². The molecule has 1 heterocycles. The summed E-state index contributed by atoms with van der Waals surface area (Å²) in [7, 11) is 0. The second kappa shape index (κ2) is 11.2. The molecule has 0 saturated heterocycles. The van der Waals surface area contributed by atoms with E-state index in [1.807, 2.05) is 5.38 Å². The van der Waals surface area contributed by atoms with Crippen LogP contribution in [0.25, 0.3) is 0 Å². The van der Waals surface area contributed by atoms with Crippen LogP contribution in [0.4, 0.5) is 10.7 Å². The van der Waals surface area contributed by atoms with Crippen LogP contribution in [-0.4, -0.2) is 30.1 Å². The number of aromatic carboxylic acids is 1. The molecule has 1 aromatic heterocycles. The van der Waals surface area contributed by atoms with E-state index in [9.17, 15) is 9.59 Å². The first-order valence-corrected chi connectivity index (χ1v) is 10.1. The van der Waals surface area contributed by atoms with E-state index in [1.165, 1.54) is 17.8 Å². The van der Waals surface area contributed by atoms with E-state index < -0.39 is 5.97 Å². The summed E-state index contributed by atoms with van der Waals surface area (Å²) >= 11 is 1.38. The summed E-state index contributed by atoms with van der Waals surface area (Å²) < 4.78 is 0. The highest BCUT2D eigenvalue weighted by atomic mass is 32.1. The molecule has 1 aromatic carbocycles. The van der Waals surface area contributed by atoms with E-state index in [0.29, 0.717) is 22.7 Å². The van der Waals surface area contributed by atoms with Crippen molar-refractivity contribution in [1.29, 1.82) is 0 Å². The first-order valence-electron chi connectivity index (χ1n) is 9.26. The van der Waals surface area contributed by atoms with Gasteiger partial charge >= 0.3 is 5.97 Å². The Bertz CT molecular complexity index is 728. The number of benzene rings is 1. The molecule has 7 heteroatoms. The maximum absolute atomic E-state index is 11.9. The SMILES string of the molecule is Nc1sccc1C(=O)NCCCCCCCCNc1ccc(C(=O)O)cc1. The quantitative estimate of drug-likeness (QED) is 0.407. The third kappa shape index (κ3) is 7.30. The lowest BCUT2D eigenvalue weighted by atomic mass is 10.1. The topological polar surface area (TPSA) is 104 Å². The van der Waals surface area contributed by atoms with Gasteiger partial charge in [-0.2, -0.15) is 0 Å². The molecule has 1 amide bonds. The fourth-order valence-corrected chi connectivity index (χ4v) is 3.36. The molecule has 0 unspecified atom stereocenters. The Morgan fingerprint density at radius 1 is 0.926 bits per heavy atom. The van der Waals surface area contributed by atoms with Crippen LogP contribution >= 0.6 is 11.3 Å². The molecule has 0 saturated carbocycles. The Balaban J connectivity index is 1.44. The summed E-state index contributed by atoms with van der Waals surface area (Å²) in [5.74, 6) is -0.993. The minimum Gasteiger partial charge on any atom is -0.478 e. The number of hydrogen-bond acceptors (Lipinski definition) is 5. The summed E-state index contributed by atoms with van der Waals surface area (Å²) in [6, 6.07) is 8.55. The second-order valence-electron chi connectivity index (χ2n) is 6.39. The molecular formula is C20H27N3O3S. The molecule has 5 N–H and O–H groups in total. The predicted molar refractivity (Wildman–Crippen MR) is 111 cm³/mol. The number of nitrogen functional groups attached to an aromatic ring is 1. The number of hydrogen-bond donors (Lipinski definition) is 4. The molecular weight excluding hydrogens is 362 g/mol. The molecule has 0 atom stereocenters. The molecule has 0 radical (unpaired) electrons. The largest absolute Gasteiger partial charge is 0.478 e. The van der Waals surface area contributed by atoms with Gasteiger partial charge in [0.2, 0.25) is 0 Å². The van der Waals surface area contributed by atoms with Gasteiger partial charge in [0.1, 0.15) is 0 Å². The average molecular weight is 390 g/mol. The number of amides is 1. The molecule has 0 aliphatic carbocycles. The number of carboxylic acids is 1. The van der Waals surface area contributed by atoms with Crippen molar-refractivity contribution in [3.8, 4) is 0 Å². The van der Waals surface area contributed by atoms with Gasteiger partial charge in [-0.1, -0.05) is 25.7 Å². The first-order chi connectivity index (χ1) is 13.1. The third-order valence-electron chi connectivity index (χ3n) is 4.29. The normalized spacial score (nSPS) is 10.5. The van der Waals surface area contributed by atoms with Gasteiger partial charge in [0, 0.05) is 18.8 Å². The van der Waals surface area contributed by atoms with E-state index in [-0.39, 0.29) is 5.91 Å². The Kier molecular flexibility index (Phi) is 8.64. The Morgan fingerprint density at radius 3 is 2.15 bits per heavy atom. The number of nitrogens with two attached hydrogens (primary N) is 1. The number of nitrogens with one attached hydrogen (secondary N) is 2. The lowest BCUT2D eigenvalue weighted by Crippen LogP contribution is -2.24. The zero-order chi connectivity index (χ0) is 19.5. The maximum atomic E-state index is 11.9. The van der Waals surface area contributed by atoms with E-state index in [2.05, 4.69) is 10.6 Å². The van der Waals surface area contributed by atoms with Gasteiger partial charge in [0.05, 0.1) is 16.1 Å². The molecule has 2 rings (SSSR count). The van der Waals surface area contributed by atoms with Crippen LogP contribution in [0, 0.1) is 0 Å². The highest BCUT2D eigenvalue weighted by molar-refractivity contribution is 7.14. The van der Waals surface area contributed by atoms with Crippen molar-refractivity contribution in [3.63, 3.8) is 0 Å². The predicted octanol–water partition coefficient (Wildman–Crippen LogP) is 4.21. The van der Waals surface area contributed by atoms with Crippen molar-refractivity contribution in [3.05, 3.63) is 46.8 Å². The molecule has 0 bridgehead atoms.